The van der Waals surface area contributed by atoms with Crippen molar-refractivity contribution in [1.82, 2.24) is 4.90 Å². The molecule has 1 amide bonds. The molecule has 0 radical (unpaired) electrons. The molecule has 0 bridgehead atoms. The number of amides is 1. The van der Waals surface area contributed by atoms with Gasteiger partial charge in [0.15, 0.2) is 6.73 Å². The second-order valence-corrected chi connectivity index (χ2v) is 7.79. The molecule has 1 heterocycles. The summed E-state index contributed by atoms with van der Waals surface area (Å²) in [6.07, 6.45) is -4.74. The lowest BCUT2D eigenvalue weighted by Gasteiger charge is -2.23. The van der Waals surface area contributed by atoms with Gasteiger partial charge in [0.1, 0.15) is 5.75 Å². The number of rotatable bonds is 6. The van der Waals surface area contributed by atoms with Crippen molar-refractivity contribution < 1.29 is 36.6 Å². The molecule has 0 spiro atoms. The number of halogens is 5. The highest BCUT2D eigenvalue weighted by Gasteiger charge is 2.55. The topological polar surface area (TPSA) is 59.1 Å². The van der Waals surface area contributed by atoms with Gasteiger partial charge in [0.25, 0.3) is 5.91 Å². The number of hydrogen-bond acceptors (Lipinski definition) is 5. The van der Waals surface area contributed by atoms with E-state index >= 15 is 4.39 Å². The number of hydrogen-bond donors (Lipinski definition) is 0. The largest absolute Gasteiger partial charge is 0.496 e. The molecule has 3 rings (SSSR count). The Morgan fingerprint density at radius 2 is 1.84 bits per heavy atom. The van der Waals surface area contributed by atoms with E-state index in [0.29, 0.717) is 17.0 Å². The van der Waals surface area contributed by atoms with Crippen LogP contribution in [0.25, 0.3) is 0 Å². The van der Waals surface area contributed by atoms with E-state index in [1.54, 1.807) is 14.1 Å². The van der Waals surface area contributed by atoms with Crippen LogP contribution in [0.1, 0.15) is 16.7 Å². The monoisotopic (exact) mass is 474 g/mol. The molecule has 0 fully saturated rings. The Morgan fingerprint density at radius 3 is 2.44 bits per heavy atom. The van der Waals surface area contributed by atoms with Crippen LogP contribution in [-0.2, 0) is 26.2 Å². The molecule has 32 heavy (non-hydrogen) atoms. The summed E-state index contributed by atoms with van der Waals surface area (Å²) in [6, 6.07) is 6.14. The fourth-order valence-corrected chi connectivity index (χ4v) is 3.58. The van der Waals surface area contributed by atoms with E-state index in [2.05, 4.69) is 0 Å². The zero-order chi connectivity index (χ0) is 23.8. The number of fused-ring (bicyclic) bond motifs is 1. The first kappa shape index (κ1) is 23.8. The summed E-state index contributed by atoms with van der Waals surface area (Å²) in [5.41, 5.74) is -4.99. The average molecular weight is 475 g/mol. The molecule has 0 aliphatic carbocycles. The number of carbonyl (C=O) groups is 2. The van der Waals surface area contributed by atoms with Gasteiger partial charge in [-0.3, -0.25) is 19.4 Å². The minimum atomic E-state index is -4.74. The molecule has 6 nitrogen and oxygen atoms in total. The van der Waals surface area contributed by atoms with Crippen molar-refractivity contribution in [2.45, 2.75) is 11.8 Å². The lowest BCUT2D eigenvalue weighted by atomic mass is 9.88. The van der Waals surface area contributed by atoms with Gasteiger partial charge in [-0.1, -0.05) is 17.7 Å². The molecule has 11 heteroatoms. The van der Waals surface area contributed by atoms with Crippen molar-refractivity contribution in [2.24, 2.45) is 0 Å². The first-order valence-corrected chi connectivity index (χ1v) is 9.64. The Morgan fingerprint density at radius 1 is 1.16 bits per heavy atom. The van der Waals surface area contributed by atoms with Crippen LogP contribution in [0.4, 0.5) is 23.2 Å². The molecular weight excluding hydrogens is 456 g/mol. The van der Waals surface area contributed by atoms with Gasteiger partial charge in [-0.25, -0.2) is 4.39 Å². The SMILES string of the molecule is COc1ccc(Cl)cc1[C@]1(F)C(=O)N(COC(=O)CN(C)C)c2cc(C(F)(F)F)ccc21. The number of benzene rings is 2. The van der Waals surface area contributed by atoms with Crippen molar-refractivity contribution in [1.29, 1.82) is 0 Å². The zero-order valence-corrected chi connectivity index (χ0v) is 18.1. The van der Waals surface area contributed by atoms with Gasteiger partial charge in [0, 0.05) is 16.1 Å². The summed E-state index contributed by atoms with van der Waals surface area (Å²) in [6.45, 7) is -0.908. The molecule has 0 aromatic heterocycles. The van der Waals surface area contributed by atoms with Crippen LogP contribution in [0.5, 0.6) is 5.75 Å². The highest BCUT2D eigenvalue weighted by atomic mass is 35.5. The lowest BCUT2D eigenvalue weighted by Crippen LogP contribution is -2.40. The van der Waals surface area contributed by atoms with E-state index in [0.717, 1.165) is 6.07 Å². The van der Waals surface area contributed by atoms with Crippen molar-refractivity contribution in [3.63, 3.8) is 0 Å². The van der Waals surface area contributed by atoms with Gasteiger partial charge in [-0.05, 0) is 44.4 Å². The quantitative estimate of drug-likeness (QED) is 0.468. The van der Waals surface area contributed by atoms with E-state index in [4.69, 9.17) is 21.1 Å². The number of anilines is 1. The van der Waals surface area contributed by atoms with Crippen LogP contribution in [0, 0.1) is 0 Å². The molecule has 1 atom stereocenters. The van der Waals surface area contributed by atoms with Crippen molar-refractivity contribution in [3.8, 4) is 5.75 Å². The van der Waals surface area contributed by atoms with Crippen LogP contribution in [0.15, 0.2) is 36.4 Å². The molecule has 0 saturated carbocycles. The second-order valence-electron chi connectivity index (χ2n) is 7.35. The lowest BCUT2D eigenvalue weighted by molar-refractivity contribution is -0.145. The summed E-state index contributed by atoms with van der Waals surface area (Å²) in [7, 11) is 4.46. The van der Waals surface area contributed by atoms with Crippen LogP contribution >= 0.6 is 11.6 Å². The van der Waals surface area contributed by atoms with Crippen LogP contribution in [0.2, 0.25) is 5.02 Å². The van der Waals surface area contributed by atoms with Gasteiger partial charge in [-0.2, -0.15) is 13.2 Å². The highest BCUT2D eigenvalue weighted by molar-refractivity contribution is 6.30. The number of ether oxygens (including phenoxy) is 2. The Kier molecular flexibility index (Phi) is 6.39. The fraction of sp³-hybridized carbons (Fsp3) is 0.333. The first-order chi connectivity index (χ1) is 14.9. The van der Waals surface area contributed by atoms with Gasteiger partial charge in [0.05, 0.1) is 24.9 Å². The standard InChI is InChI=1S/C21H19ClF4N2O4/c1-27(2)10-18(29)32-11-28-16-8-12(21(24,25)26)4-6-14(16)20(23,19(28)30)15-9-13(22)5-7-17(15)31-3/h4-9H,10-11H2,1-3H3/t20-/m0/s1. The maximum Gasteiger partial charge on any atom is 0.416 e. The molecule has 0 N–H and O–H groups in total. The Bertz CT molecular complexity index is 1060. The van der Waals surface area contributed by atoms with E-state index in [-0.39, 0.29) is 34.1 Å². The third-order valence-electron chi connectivity index (χ3n) is 4.86. The van der Waals surface area contributed by atoms with Crippen LogP contribution in [-0.4, -0.2) is 51.3 Å². The number of alkyl halides is 4. The molecule has 1 aliphatic heterocycles. The summed E-state index contributed by atoms with van der Waals surface area (Å²) in [5, 5.41) is 0.0925. The summed E-state index contributed by atoms with van der Waals surface area (Å²) in [5.74, 6) is -2.00. The Labute approximate surface area is 186 Å². The van der Waals surface area contributed by atoms with E-state index in [9.17, 15) is 22.8 Å². The molecule has 2 aromatic carbocycles. The van der Waals surface area contributed by atoms with Gasteiger partial charge in [0.2, 0.25) is 5.67 Å². The van der Waals surface area contributed by atoms with Gasteiger partial charge >= 0.3 is 12.1 Å². The molecule has 172 valence electrons. The fourth-order valence-electron chi connectivity index (χ4n) is 3.41. The molecular formula is C21H19ClF4N2O4. The van der Waals surface area contributed by atoms with E-state index in [1.165, 1.54) is 30.2 Å². The predicted molar refractivity (Wildman–Crippen MR) is 108 cm³/mol. The first-order valence-electron chi connectivity index (χ1n) is 9.26. The zero-order valence-electron chi connectivity index (χ0n) is 17.3. The third kappa shape index (κ3) is 4.24. The van der Waals surface area contributed by atoms with Crippen molar-refractivity contribution in [3.05, 3.63) is 58.1 Å². The molecule has 2 aromatic rings. The minimum Gasteiger partial charge on any atom is -0.496 e. The number of likely N-dealkylation sites (N-methyl/N-ethyl adjacent to an activating group) is 1. The van der Waals surface area contributed by atoms with Gasteiger partial charge in [-0.15, -0.1) is 0 Å². The molecule has 1 aliphatic rings. The summed E-state index contributed by atoms with van der Waals surface area (Å²) >= 11 is 5.99. The molecule has 0 saturated heterocycles. The average Bonchev–Trinajstić information content (AvgIpc) is 2.92. The highest BCUT2D eigenvalue weighted by Crippen LogP contribution is 2.51. The number of esters is 1. The Balaban J connectivity index is 2.13. The maximum atomic E-state index is 16.5. The molecule has 0 unspecified atom stereocenters. The van der Waals surface area contributed by atoms with Crippen LogP contribution in [0.3, 0.4) is 0 Å². The summed E-state index contributed by atoms with van der Waals surface area (Å²) in [4.78, 5) is 27.3. The van der Waals surface area contributed by atoms with E-state index < -0.39 is 36.0 Å². The second kappa shape index (κ2) is 8.59. The number of methoxy groups -OCH3 is 1. The summed E-state index contributed by atoms with van der Waals surface area (Å²) < 4.78 is 66.6. The third-order valence-corrected chi connectivity index (χ3v) is 5.09. The smallest absolute Gasteiger partial charge is 0.416 e. The minimum absolute atomic E-state index is 0.0254. The van der Waals surface area contributed by atoms with Crippen LogP contribution < -0.4 is 9.64 Å². The number of carbonyl (C=O) groups excluding carboxylic acids is 2. The predicted octanol–water partition coefficient (Wildman–Crippen LogP) is 3.99. The normalized spacial score (nSPS) is 18.2. The Hall–Kier alpha value is -2.85. The van der Waals surface area contributed by atoms with E-state index in [1.807, 2.05) is 0 Å². The maximum absolute atomic E-state index is 16.5. The van der Waals surface area contributed by atoms with Crippen molar-refractivity contribution in [2.75, 3.05) is 39.4 Å². The van der Waals surface area contributed by atoms with Crippen molar-refractivity contribution >= 4 is 29.2 Å². The van der Waals surface area contributed by atoms with Gasteiger partial charge < -0.3 is 9.47 Å². The number of nitrogens with zero attached hydrogens (tertiary/aromatic N) is 2.